The number of carboxylic acids is 1. The van der Waals surface area contributed by atoms with Crippen LogP contribution in [0.1, 0.15) is 45.2 Å². The Morgan fingerprint density at radius 3 is 2.57 bits per heavy atom. The lowest BCUT2D eigenvalue weighted by Crippen LogP contribution is -2.37. The molecule has 0 fully saturated rings. The topological polar surface area (TPSA) is 60.4 Å². The highest BCUT2D eigenvalue weighted by molar-refractivity contribution is 6.12. The summed E-state index contributed by atoms with van der Waals surface area (Å²) in [6, 6.07) is 12.3. The van der Waals surface area contributed by atoms with Gasteiger partial charge in [-0.2, -0.15) is 0 Å². The van der Waals surface area contributed by atoms with E-state index in [1.54, 1.807) is 23.1 Å². The van der Waals surface area contributed by atoms with Gasteiger partial charge in [0, 0.05) is 23.4 Å². The minimum atomic E-state index is -1.33. The van der Waals surface area contributed by atoms with Gasteiger partial charge < -0.3 is 14.8 Å². The molecule has 1 aliphatic rings. The molecule has 0 N–H and O–H groups in total. The standard InChI is InChI=1S/C19H19NO3/c1-2-13-9-10-17-14(12-13)6-5-11-20(17)18(21)15-7-3-4-8-16(15)19(22)23/h3-4,7-10,12H,2,5-6,11H2,1H3,(H,22,23)/p-1. The molecule has 0 bridgehead atoms. The number of hydrogen-bond acceptors (Lipinski definition) is 3. The Kier molecular flexibility index (Phi) is 4.15. The average molecular weight is 308 g/mol. The number of benzene rings is 2. The molecule has 0 unspecified atom stereocenters. The minimum absolute atomic E-state index is 0.0604. The van der Waals surface area contributed by atoms with Crippen molar-refractivity contribution in [2.75, 3.05) is 11.4 Å². The van der Waals surface area contributed by atoms with E-state index in [0.717, 1.165) is 30.5 Å². The maximum absolute atomic E-state index is 12.9. The number of aromatic carboxylic acids is 1. The van der Waals surface area contributed by atoms with E-state index in [2.05, 4.69) is 13.0 Å². The Balaban J connectivity index is 2.01. The molecule has 0 radical (unpaired) electrons. The second kappa shape index (κ2) is 6.24. The van der Waals surface area contributed by atoms with Crippen LogP contribution in [-0.2, 0) is 12.8 Å². The van der Waals surface area contributed by atoms with Crippen LogP contribution in [0.2, 0.25) is 0 Å². The predicted octanol–water partition coefficient (Wildman–Crippen LogP) is 2.21. The summed E-state index contributed by atoms with van der Waals surface area (Å²) in [5, 5.41) is 11.3. The highest BCUT2D eigenvalue weighted by Crippen LogP contribution is 2.30. The molecule has 1 heterocycles. The number of carbonyl (C=O) groups is 2. The molecule has 1 amide bonds. The molecule has 3 rings (SSSR count). The Hall–Kier alpha value is -2.62. The second-order valence-electron chi connectivity index (χ2n) is 5.71. The summed E-state index contributed by atoms with van der Waals surface area (Å²) in [7, 11) is 0. The Morgan fingerprint density at radius 2 is 1.87 bits per heavy atom. The summed E-state index contributed by atoms with van der Waals surface area (Å²) in [6.07, 6.45) is 2.77. The van der Waals surface area contributed by atoms with E-state index in [0.29, 0.717) is 6.54 Å². The third-order valence-corrected chi connectivity index (χ3v) is 4.29. The quantitative estimate of drug-likeness (QED) is 0.873. The molecular weight excluding hydrogens is 290 g/mol. The summed E-state index contributed by atoms with van der Waals surface area (Å²) < 4.78 is 0. The van der Waals surface area contributed by atoms with E-state index in [9.17, 15) is 14.7 Å². The highest BCUT2D eigenvalue weighted by Gasteiger charge is 2.25. The first-order chi connectivity index (χ1) is 11.1. The molecular formula is C19H18NO3-. The van der Waals surface area contributed by atoms with Gasteiger partial charge >= 0.3 is 0 Å². The lowest BCUT2D eigenvalue weighted by Gasteiger charge is -2.30. The number of hydrogen-bond donors (Lipinski definition) is 0. The van der Waals surface area contributed by atoms with Crippen LogP contribution in [0, 0.1) is 0 Å². The Bertz CT molecular complexity index is 767. The van der Waals surface area contributed by atoms with Crippen LogP contribution < -0.4 is 10.0 Å². The van der Waals surface area contributed by atoms with Crippen LogP contribution in [0.5, 0.6) is 0 Å². The zero-order chi connectivity index (χ0) is 16.4. The van der Waals surface area contributed by atoms with Crippen molar-refractivity contribution in [2.45, 2.75) is 26.2 Å². The van der Waals surface area contributed by atoms with E-state index < -0.39 is 5.97 Å². The molecule has 23 heavy (non-hydrogen) atoms. The van der Waals surface area contributed by atoms with Gasteiger partial charge in [0.25, 0.3) is 5.91 Å². The molecule has 0 saturated carbocycles. The van der Waals surface area contributed by atoms with Gasteiger partial charge in [0.15, 0.2) is 0 Å². The molecule has 4 nitrogen and oxygen atoms in total. The molecule has 2 aromatic rings. The fourth-order valence-electron chi connectivity index (χ4n) is 3.07. The number of fused-ring (bicyclic) bond motifs is 1. The second-order valence-corrected chi connectivity index (χ2v) is 5.71. The fourth-order valence-corrected chi connectivity index (χ4v) is 3.07. The zero-order valence-electron chi connectivity index (χ0n) is 13.0. The van der Waals surface area contributed by atoms with E-state index in [1.807, 2.05) is 12.1 Å². The third-order valence-electron chi connectivity index (χ3n) is 4.29. The third kappa shape index (κ3) is 2.84. The maximum Gasteiger partial charge on any atom is 0.258 e. The summed E-state index contributed by atoms with van der Waals surface area (Å²) in [4.78, 5) is 25.8. The molecule has 4 heteroatoms. The van der Waals surface area contributed by atoms with Gasteiger partial charge in [0.1, 0.15) is 0 Å². The van der Waals surface area contributed by atoms with E-state index in [4.69, 9.17) is 0 Å². The normalized spacial score (nSPS) is 13.5. The van der Waals surface area contributed by atoms with Crippen LogP contribution in [-0.4, -0.2) is 18.4 Å². The Morgan fingerprint density at radius 1 is 1.13 bits per heavy atom. The van der Waals surface area contributed by atoms with Gasteiger partial charge in [0.2, 0.25) is 0 Å². The van der Waals surface area contributed by atoms with Gasteiger partial charge in [-0.05, 0) is 42.5 Å². The first-order valence-electron chi connectivity index (χ1n) is 7.86. The lowest BCUT2D eigenvalue weighted by atomic mass is 9.97. The molecule has 1 aliphatic heterocycles. The van der Waals surface area contributed by atoms with Gasteiger partial charge in [0.05, 0.1) is 5.97 Å². The molecule has 0 saturated heterocycles. The van der Waals surface area contributed by atoms with Crippen molar-refractivity contribution in [3.63, 3.8) is 0 Å². The number of amides is 1. The van der Waals surface area contributed by atoms with Crippen LogP contribution >= 0.6 is 0 Å². The largest absolute Gasteiger partial charge is 0.545 e. The van der Waals surface area contributed by atoms with Crippen LogP contribution in [0.25, 0.3) is 0 Å². The van der Waals surface area contributed by atoms with Gasteiger partial charge in [-0.15, -0.1) is 0 Å². The molecule has 2 aromatic carbocycles. The number of aryl methyl sites for hydroxylation is 2. The minimum Gasteiger partial charge on any atom is -0.545 e. The SMILES string of the molecule is CCc1ccc2c(c1)CCCN2C(=O)c1ccccc1C(=O)[O-]. The average Bonchev–Trinajstić information content (AvgIpc) is 2.60. The van der Waals surface area contributed by atoms with E-state index in [1.165, 1.54) is 11.6 Å². The lowest BCUT2D eigenvalue weighted by molar-refractivity contribution is -0.255. The molecule has 0 aliphatic carbocycles. The number of nitrogens with zero attached hydrogens (tertiary/aromatic N) is 1. The van der Waals surface area contributed by atoms with Crippen molar-refractivity contribution in [1.29, 1.82) is 0 Å². The van der Waals surface area contributed by atoms with Gasteiger partial charge in [-0.25, -0.2) is 0 Å². The molecule has 0 spiro atoms. The van der Waals surface area contributed by atoms with Crippen molar-refractivity contribution in [1.82, 2.24) is 0 Å². The first-order valence-corrected chi connectivity index (χ1v) is 7.86. The number of carboxylic acid groups (broad SMARTS) is 1. The van der Waals surface area contributed by atoms with Gasteiger partial charge in [-0.3, -0.25) is 4.79 Å². The van der Waals surface area contributed by atoms with Crippen LogP contribution in [0.15, 0.2) is 42.5 Å². The fraction of sp³-hybridized carbons (Fsp3) is 0.263. The first kappa shape index (κ1) is 15.3. The number of carbonyl (C=O) groups excluding carboxylic acids is 2. The molecule has 118 valence electrons. The van der Waals surface area contributed by atoms with E-state index in [-0.39, 0.29) is 17.0 Å². The molecule has 0 aromatic heterocycles. The van der Waals surface area contributed by atoms with Crippen molar-refractivity contribution in [2.24, 2.45) is 0 Å². The predicted molar refractivity (Wildman–Crippen MR) is 86.6 cm³/mol. The number of rotatable bonds is 3. The summed E-state index contributed by atoms with van der Waals surface area (Å²) in [5.74, 6) is -1.61. The smallest absolute Gasteiger partial charge is 0.258 e. The monoisotopic (exact) mass is 308 g/mol. The number of anilines is 1. The Labute approximate surface area is 135 Å². The van der Waals surface area contributed by atoms with E-state index >= 15 is 0 Å². The van der Waals surface area contributed by atoms with Crippen LogP contribution in [0.4, 0.5) is 5.69 Å². The van der Waals surface area contributed by atoms with Crippen molar-refractivity contribution in [3.05, 3.63) is 64.7 Å². The zero-order valence-corrected chi connectivity index (χ0v) is 13.0. The van der Waals surface area contributed by atoms with Crippen molar-refractivity contribution in [3.8, 4) is 0 Å². The highest BCUT2D eigenvalue weighted by atomic mass is 16.4. The van der Waals surface area contributed by atoms with Crippen molar-refractivity contribution >= 4 is 17.6 Å². The summed E-state index contributed by atoms with van der Waals surface area (Å²) in [6.45, 7) is 2.70. The van der Waals surface area contributed by atoms with Crippen LogP contribution in [0.3, 0.4) is 0 Å². The summed E-state index contributed by atoms with van der Waals surface area (Å²) in [5.41, 5.74) is 3.39. The maximum atomic E-state index is 12.9. The summed E-state index contributed by atoms with van der Waals surface area (Å²) >= 11 is 0. The van der Waals surface area contributed by atoms with Crippen molar-refractivity contribution < 1.29 is 14.7 Å². The van der Waals surface area contributed by atoms with Gasteiger partial charge in [-0.1, -0.05) is 37.3 Å². The molecule has 0 atom stereocenters.